The van der Waals surface area contributed by atoms with Crippen molar-refractivity contribution in [3.8, 4) is 0 Å². The van der Waals surface area contributed by atoms with Gasteiger partial charge in [0.15, 0.2) is 11.6 Å². The average Bonchev–Trinajstić information content (AvgIpc) is 2.99. The zero-order valence-corrected chi connectivity index (χ0v) is 17.1. The van der Waals surface area contributed by atoms with E-state index in [0.29, 0.717) is 6.42 Å². The van der Waals surface area contributed by atoms with Gasteiger partial charge in [0.05, 0.1) is 5.70 Å². The zero-order chi connectivity index (χ0) is 20.3. The van der Waals surface area contributed by atoms with Crippen molar-refractivity contribution in [3.63, 3.8) is 0 Å². The van der Waals surface area contributed by atoms with E-state index in [4.69, 9.17) is 0 Å². The Balaban J connectivity index is 1.70. The van der Waals surface area contributed by atoms with Crippen LogP contribution in [0.1, 0.15) is 73.0 Å². The van der Waals surface area contributed by atoms with Gasteiger partial charge in [-0.15, -0.1) is 0 Å². The Kier molecular flexibility index (Phi) is 3.92. The molecule has 29 heavy (non-hydrogen) atoms. The van der Waals surface area contributed by atoms with E-state index in [0.717, 1.165) is 52.1 Å². The number of rotatable bonds is 1. The van der Waals surface area contributed by atoms with Gasteiger partial charge in [0, 0.05) is 40.3 Å². The Labute approximate surface area is 171 Å². The van der Waals surface area contributed by atoms with Crippen molar-refractivity contribution < 1.29 is 9.59 Å². The zero-order valence-electron chi connectivity index (χ0n) is 17.1. The lowest BCUT2D eigenvalue weighted by Gasteiger charge is -2.33. The summed E-state index contributed by atoms with van der Waals surface area (Å²) in [5.41, 5.74) is 7.41. The first-order chi connectivity index (χ1) is 13.9. The van der Waals surface area contributed by atoms with Crippen molar-refractivity contribution in [3.05, 3.63) is 87.6 Å². The van der Waals surface area contributed by atoms with Gasteiger partial charge in [-0.2, -0.15) is 0 Å². The number of ketones is 2. The largest absolute Gasteiger partial charge is 0.358 e. The highest BCUT2D eigenvalue weighted by molar-refractivity contribution is 6.23. The summed E-state index contributed by atoms with van der Waals surface area (Å²) < 4.78 is 0. The second-order valence-corrected chi connectivity index (χ2v) is 9.26. The maximum atomic E-state index is 13.4. The number of dihydropyridines is 1. The SMILES string of the molecule is CC(C)(C)c1ccc([C@H]2C3=C(CCCC3=O)NC3=C2C(=O)c2ccccc23)cc1. The van der Waals surface area contributed by atoms with Crippen LogP contribution >= 0.6 is 0 Å². The minimum atomic E-state index is -0.289. The number of nitrogens with one attached hydrogen (secondary N) is 1. The first-order valence-corrected chi connectivity index (χ1v) is 10.4. The van der Waals surface area contributed by atoms with E-state index < -0.39 is 0 Å². The number of hydrogen-bond acceptors (Lipinski definition) is 3. The number of Topliss-reactive ketones (excluding diaryl/α,β-unsaturated/α-hetero) is 2. The van der Waals surface area contributed by atoms with Crippen LogP contribution in [0.3, 0.4) is 0 Å². The Morgan fingerprint density at radius 1 is 0.862 bits per heavy atom. The summed E-state index contributed by atoms with van der Waals surface area (Å²) in [5, 5.41) is 3.49. The normalized spacial score (nSPS) is 21.0. The van der Waals surface area contributed by atoms with Crippen LogP contribution in [-0.4, -0.2) is 11.6 Å². The quantitative estimate of drug-likeness (QED) is 0.728. The van der Waals surface area contributed by atoms with Crippen LogP contribution in [0.4, 0.5) is 0 Å². The van der Waals surface area contributed by atoms with Gasteiger partial charge in [0.1, 0.15) is 0 Å². The first-order valence-electron chi connectivity index (χ1n) is 10.4. The van der Waals surface area contributed by atoms with Crippen LogP contribution in [-0.2, 0) is 10.2 Å². The predicted molar refractivity (Wildman–Crippen MR) is 115 cm³/mol. The maximum Gasteiger partial charge on any atom is 0.192 e. The summed E-state index contributed by atoms with van der Waals surface area (Å²) in [4.78, 5) is 26.4. The molecule has 2 aromatic rings. The Hall–Kier alpha value is -2.94. The number of carbonyl (C=O) groups is 2. The molecule has 146 valence electrons. The van der Waals surface area contributed by atoms with E-state index >= 15 is 0 Å². The van der Waals surface area contributed by atoms with Gasteiger partial charge < -0.3 is 5.32 Å². The number of hydrogen-bond donors (Lipinski definition) is 1. The lowest BCUT2D eigenvalue weighted by molar-refractivity contribution is -0.116. The molecule has 0 radical (unpaired) electrons. The molecule has 1 aliphatic heterocycles. The molecule has 1 heterocycles. The molecule has 3 heteroatoms. The molecular formula is C26H25NO2. The van der Waals surface area contributed by atoms with Gasteiger partial charge in [-0.25, -0.2) is 0 Å². The third-order valence-corrected chi connectivity index (χ3v) is 6.37. The van der Waals surface area contributed by atoms with Crippen molar-refractivity contribution >= 4 is 17.3 Å². The van der Waals surface area contributed by atoms with Gasteiger partial charge in [0.2, 0.25) is 0 Å². The minimum Gasteiger partial charge on any atom is -0.358 e. The van der Waals surface area contributed by atoms with Gasteiger partial charge in [0.25, 0.3) is 0 Å². The molecule has 2 aromatic carbocycles. The number of carbonyl (C=O) groups excluding carboxylic acids is 2. The molecule has 0 spiro atoms. The molecule has 0 bridgehead atoms. The molecule has 0 saturated carbocycles. The third-order valence-electron chi connectivity index (χ3n) is 6.37. The summed E-state index contributed by atoms with van der Waals surface area (Å²) in [6.45, 7) is 6.57. The summed E-state index contributed by atoms with van der Waals surface area (Å²) in [6.07, 6.45) is 2.27. The molecule has 5 rings (SSSR count). The first kappa shape index (κ1) is 18.1. The topological polar surface area (TPSA) is 46.2 Å². The molecular weight excluding hydrogens is 358 g/mol. The molecule has 0 amide bonds. The lowest BCUT2D eigenvalue weighted by atomic mass is 9.74. The Bertz CT molecular complexity index is 1110. The summed E-state index contributed by atoms with van der Waals surface area (Å²) >= 11 is 0. The van der Waals surface area contributed by atoms with E-state index in [1.807, 2.05) is 24.3 Å². The van der Waals surface area contributed by atoms with Gasteiger partial charge in [-0.3, -0.25) is 9.59 Å². The highest BCUT2D eigenvalue weighted by atomic mass is 16.1. The molecule has 3 nitrogen and oxygen atoms in total. The van der Waals surface area contributed by atoms with Crippen molar-refractivity contribution in [1.82, 2.24) is 5.32 Å². The van der Waals surface area contributed by atoms with Crippen LogP contribution in [0.5, 0.6) is 0 Å². The number of benzene rings is 2. The molecule has 0 saturated heterocycles. The van der Waals surface area contributed by atoms with E-state index in [9.17, 15) is 9.59 Å². The predicted octanol–water partition coefficient (Wildman–Crippen LogP) is 5.29. The van der Waals surface area contributed by atoms with Crippen LogP contribution in [0.15, 0.2) is 65.4 Å². The molecule has 1 N–H and O–H groups in total. The van der Waals surface area contributed by atoms with Crippen LogP contribution in [0, 0.1) is 0 Å². The number of fused-ring (bicyclic) bond motifs is 2. The van der Waals surface area contributed by atoms with E-state index in [1.54, 1.807) is 0 Å². The summed E-state index contributed by atoms with van der Waals surface area (Å²) in [5.74, 6) is -0.0835. The molecule has 0 fully saturated rings. The van der Waals surface area contributed by atoms with Gasteiger partial charge >= 0.3 is 0 Å². The highest BCUT2D eigenvalue weighted by Gasteiger charge is 2.43. The molecule has 1 atom stereocenters. The number of allylic oxidation sites excluding steroid dienone is 3. The minimum absolute atomic E-state index is 0.0397. The second-order valence-electron chi connectivity index (χ2n) is 9.26. The average molecular weight is 383 g/mol. The Morgan fingerprint density at radius 2 is 1.55 bits per heavy atom. The molecule has 2 aliphatic carbocycles. The fraction of sp³-hybridized carbons (Fsp3) is 0.308. The van der Waals surface area contributed by atoms with E-state index in [2.05, 4.69) is 50.4 Å². The standard InChI is InChI=1S/C26H25NO2/c1-26(2,3)16-13-11-15(12-14-16)21-22-19(9-6-10-20(22)28)27-24-17-7-4-5-8-18(17)25(29)23(21)24/h4-5,7-8,11-14,21,27H,6,9-10H2,1-3H3/t21-/m0/s1. The van der Waals surface area contributed by atoms with Crippen LogP contribution < -0.4 is 5.32 Å². The summed E-state index contributed by atoms with van der Waals surface area (Å²) in [7, 11) is 0. The smallest absolute Gasteiger partial charge is 0.192 e. The molecule has 3 aliphatic rings. The van der Waals surface area contributed by atoms with Crippen LogP contribution in [0.25, 0.3) is 5.70 Å². The maximum absolute atomic E-state index is 13.4. The molecule has 0 unspecified atom stereocenters. The molecule has 0 aromatic heterocycles. The highest BCUT2D eigenvalue weighted by Crippen LogP contribution is 2.48. The summed E-state index contributed by atoms with van der Waals surface area (Å²) in [6, 6.07) is 16.2. The fourth-order valence-corrected chi connectivity index (χ4v) is 4.85. The lowest BCUT2D eigenvalue weighted by Crippen LogP contribution is -2.31. The third kappa shape index (κ3) is 2.71. The van der Waals surface area contributed by atoms with Crippen LogP contribution in [0.2, 0.25) is 0 Å². The second kappa shape index (κ2) is 6.28. The van der Waals surface area contributed by atoms with Gasteiger partial charge in [-0.05, 0) is 29.4 Å². The van der Waals surface area contributed by atoms with Crippen molar-refractivity contribution in [2.45, 2.75) is 51.4 Å². The van der Waals surface area contributed by atoms with E-state index in [1.165, 1.54) is 5.56 Å². The van der Waals surface area contributed by atoms with Crippen molar-refractivity contribution in [2.24, 2.45) is 0 Å². The van der Waals surface area contributed by atoms with Gasteiger partial charge in [-0.1, -0.05) is 69.3 Å². The Morgan fingerprint density at radius 3 is 2.24 bits per heavy atom. The van der Waals surface area contributed by atoms with Crippen molar-refractivity contribution in [1.29, 1.82) is 0 Å². The monoisotopic (exact) mass is 383 g/mol. The fourth-order valence-electron chi connectivity index (χ4n) is 4.85. The van der Waals surface area contributed by atoms with E-state index in [-0.39, 0.29) is 22.9 Å². The van der Waals surface area contributed by atoms with Crippen molar-refractivity contribution in [2.75, 3.05) is 0 Å².